The molecule has 1 fully saturated rings. The molecule has 3 aromatic heterocycles. The van der Waals surface area contributed by atoms with Gasteiger partial charge in [0.1, 0.15) is 11.5 Å². The van der Waals surface area contributed by atoms with E-state index < -0.39 is 0 Å². The molecule has 0 radical (unpaired) electrons. The van der Waals surface area contributed by atoms with Crippen molar-refractivity contribution in [2.24, 2.45) is 0 Å². The first kappa shape index (κ1) is 16.0. The average Bonchev–Trinajstić information content (AvgIpc) is 3.36. The lowest BCUT2D eigenvalue weighted by Gasteiger charge is -2.23. The van der Waals surface area contributed by atoms with Crippen molar-refractivity contribution in [1.82, 2.24) is 29.2 Å². The number of benzene rings is 1. The van der Waals surface area contributed by atoms with Gasteiger partial charge < -0.3 is 9.88 Å². The number of rotatable bonds is 2. The molecule has 1 aromatic carbocycles. The van der Waals surface area contributed by atoms with Gasteiger partial charge in [-0.3, -0.25) is 9.20 Å². The van der Waals surface area contributed by atoms with Crippen molar-refractivity contribution in [1.29, 1.82) is 0 Å². The summed E-state index contributed by atoms with van der Waals surface area (Å²) in [6.45, 7) is 4.64. The van der Waals surface area contributed by atoms with E-state index in [0.29, 0.717) is 23.7 Å². The molecule has 7 nitrogen and oxygen atoms in total. The SMILES string of the molecule is Cc1ccc2nc([C@H]3CCCN3C(=O)c3c(C)nc4ncccn34)[nH]c2c1. The molecule has 4 heterocycles. The summed E-state index contributed by atoms with van der Waals surface area (Å²) in [7, 11) is 0. The largest absolute Gasteiger partial charge is 0.340 e. The summed E-state index contributed by atoms with van der Waals surface area (Å²) in [5.74, 6) is 1.38. The summed E-state index contributed by atoms with van der Waals surface area (Å²) in [5, 5.41) is 0. The van der Waals surface area contributed by atoms with Crippen LogP contribution in [-0.4, -0.2) is 41.7 Å². The molecule has 0 bridgehead atoms. The predicted molar refractivity (Wildman–Crippen MR) is 102 cm³/mol. The van der Waals surface area contributed by atoms with Gasteiger partial charge in [0.05, 0.1) is 22.8 Å². The fourth-order valence-electron chi connectivity index (χ4n) is 3.99. The molecule has 1 aliphatic rings. The van der Waals surface area contributed by atoms with Gasteiger partial charge in [-0.25, -0.2) is 15.0 Å². The lowest BCUT2D eigenvalue weighted by molar-refractivity contribution is 0.0722. The number of aromatic nitrogens is 5. The molecule has 5 rings (SSSR count). The van der Waals surface area contributed by atoms with Crippen molar-refractivity contribution >= 4 is 22.7 Å². The topological polar surface area (TPSA) is 79.2 Å². The van der Waals surface area contributed by atoms with E-state index in [4.69, 9.17) is 4.98 Å². The molecule has 0 saturated carbocycles. The maximum Gasteiger partial charge on any atom is 0.273 e. The molecule has 4 aromatic rings. The van der Waals surface area contributed by atoms with Crippen LogP contribution in [0.1, 0.15) is 46.5 Å². The standard InChI is InChI=1S/C20H20N6O/c1-12-6-7-14-15(11-12)24-18(23-14)16-5-3-9-25(16)19(27)17-13(2)22-20-21-8-4-10-26(17)20/h4,6-8,10-11,16H,3,5,9H2,1-2H3,(H,23,24)/t16-/m1/s1. The molecule has 1 N–H and O–H groups in total. The zero-order valence-electron chi connectivity index (χ0n) is 15.3. The molecule has 1 amide bonds. The van der Waals surface area contributed by atoms with Crippen molar-refractivity contribution < 1.29 is 4.79 Å². The van der Waals surface area contributed by atoms with Gasteiger partial charge in [0.2, 0.25) is 5.78 Å². The number of nitrogens with zero attached hydrogens (tertiary/aromatic N) is 5. The lowest BCUT2D eigenvalue weighted by atomic mass is 10.2. The van der Waals surface area contributed by atoms with Crippen molar-refractivity contribution in [3.8, 4) is 0 Å². The normalized spacial score (nSPS) is 17.3. The molecule has 7 heteroatoms. The highest BCUT2D eigenvalue weighted by Crippen LogP contribution is 2.33. The summed E-state index contributed by atoms with van der Waals surface area (Å²) in [4.78, 5) is 32.2. The minimum absolute atomic E-state index is 0.0212. The molecular formula is C20H20N6O. The summed E-state index contributed by atoms with van der Waals surface area (Å²) >= 11 is 0. The van der Waals surface area contributed by atoms with Crippen LogP contribution in [0, 0.1) is 13.8 Å². The van der Waals surface area contributed by atoms with E-state index in [1.807, 2.05) is 30.2 Å². The number of aryl methyl sites for hydroxylation is 2. The molecule has 1 saturated heterocycles. The zero-order valence-corrected chi connectivity index (χ0v) is 15.3. The first-order valence-electron chi connectivity index (χ1n) is 9.19. The van der Waals surface area contributed by atoms with Gasteiger partial charge in [0, 0.05) is 18.9 Å². The Morgan fingerprint density at radius 2 is 2.15 bits per heavy atom. The number of aromatic amines is 1. The molecule has 136 valence electrons. The number of nitrogens with one attached hydrogen (secondary N) is 1. The van der Waals surface area contributed by atoms with E-state index in [-0.39, 0.29) is 11.9 Å². The van der Waals surface area contributed by atoms with Crippen molar-refractivity contribution in [3.63, 3.8) is 0 Å². The first-order valence-corrected chi connectivity index (χ1v) is 9.19. The Hall–Kier alpha value is -3.22. The maximum atomic E-state index is 13.4. The third-order valence-electron chi connectivity index (χ3n) is 5.27. The molecule has 27 heavy (non-hydrogen) atoms. The smallest absolute Gasteiger partial charge is 0.273 e. The van der Waals surface area contributed by atoms with Crippen LogP contribution in [-0.2, 0) is 0 Å². The monoisotopic (exact) mass is 360 g/mol. The van der Waals surface area contributed by atoms with Gasteiger partial charge >= 0.3 is 0 Å². The Bertz CT molecular complexity index is 1170. The fraction of sp³-hybridized carbons (Fsp3) is 0.300. The highest BCUT2D eigenvalue weighted by molar-refractivity contribution is 5.95. The van der Waals surface area contributed by atoms with Gasteiger partial charge in [-0.2, -0.15) is 0 Å². The Morgan fingerprint density at radius 1 is 1.26 bits per heavy atom. The number of fused-ring (bicyclic) bond motifs is 2. The minimum Gasteiger partial charge on any atom is -0.340 e. The van der Waals surface area contributed by atoms with Gasteiger partial charge in [0.15, 0.2) is 0 Å². The third kappa shape index (κ3) is 2.50. The third-order valence-corrected chi connectivity index (χ3v) is 5.27. The van der Waals surface area contributed by atoms with E-state index in [0.717, 1.165) is 29.7 Å². The second-order valence-electron chi connectivity index (χ2n) is 7.13. The number of amides is 1. The van der Waals surface area contributed by atoms with Crippen LogP contribution in [0.25, 0.3) is 16.8 Å². The highest BCUT2D eigenvalue weighted by atomic mass is 16.2. The molecule has 0 aliphatic carbocycles. The van der Waals surface area contributed by atoms with E-state index in [9.17, 15) is 4.79 Å². The summed E-state index contributed by atoms with van der Waals surface area (Å²) in [6.07, 6.45) is 5.38. The van der Waals surface area contributed by atoms with Crippen LogP contribution in [0.15, 0.2) is 36.7 Å². The Morgan fingerprint density at radius 3 is 3.04 bits per heavy atom. The Kier molecular flexibility index (Phi) is 3.50. The zero-order chi connectivity index (χ0) is 18.5. The van der Waals surface area contributed by atoms with Gasteiger partial charge in [-0.05, 0) is 50.5 Å². The predicted octanol–water partition coefficient (Wildman–Crippen LogP) is 3.20. The number of carbonyl (C=O) groups is 1. The van der Waals surface area contributed by atoms with E-state index in [1.54, 1.807) is 10.6 Å². The molecule has 1 atom stereocenters. The number of carbonyl (C=O) groups excluding carboxylic acids is 1. The second-order valence-corrected chi connectivity index (χ2v) is 7.13. The molecule has 1 aliphatic heterocycles. The van der Waals surface area contributed by atoms with E-state index >= 15 is 0 Å². The summed E-state index contributed by atoms with van der Waals surface area (Å²) in [5.41, 5.74) is 4.41. The number of hydrogen-bond acceptors (Lipinski definition) is 4. The number of imidazole rings is 2. The van der Waals surface area contributed by atoms with E-state index in [1.165, 1.54) is 5.56 Å². The van der Waals surface area contributed by atoms with Crippen LogP contribution in [0.2, 0.25) is 0 Å². The average molecular weight is 360 g/mol. The Balaban J connectivity index is 1.55. The number of hydrogen-bond donors (Lipinski definition) is 1. The van der Waals surface area contributed by atoms with Crippen LogP contribution < -0.4 is 0 Å². The Labute approximate surface area is 156 Å². The van der Waals surface area contributed by atoms with E-state index in [2.05, 4.69) is 34.0 Å². The lowest BCUT2D eigenvalue weighted by Crippen LogP contribution is -2.32. The van der Waals surface area contributed by atoms with Crippen molar-refractivity contribution in [3.05, 3.63) is 59.4 Å². The minimum atomic E-state index is -0.0492. The van der Waals surface area contributed by atoms with Gasteiger partial charge in [-0.1, -0.05) is 6.07 Å². The van der Waals surface area contributed by atoms with Gasteiger partial charge in [0.25, 0.3) is 5.91 Å². The van der Waals surface area contributed by atoms with Crippen molar-refractivity contribution in [2.75, 3.05) is 6.54 Å². The number of H-pyrrole nitrogens is 1. The molecule has 0 unspecified atom stereocenters. The fourth-order valence-corrected chi connectivity index (χ4v) is 3.99. The highest BCUT2D eigenvalue weighted by Gasteiger charge is 2.34. The van der Waals surface area contributed by atoms with Crippen molar-refractivity contribution in [2.45, 2.75) is 32.7 Å². The first-order chi connectivity index (χ1) is 13.1. The summed E-state index contributed by atoms with van der Waals surface area (Å²) in [6, 6.07) is 7.93. The quantitative estimate of drug-likeness (QED) is 0.595. The van der Waals surface area contributed by atoms with Gasteiger partial charge in [-0.15, -0.1) is 0 Å². The van der Waals surface area contributed by atoms with Crippen LogP contribution in [0.4, 0.5) is 0 Å². The molecular weight excluding hydrogens is 340 g/mol. The maximum absolute atomic E-state index is 13.4. The van der Waals surface area contributed by atoms with Crippen LogP contribution >= 0.6 is 0 Å². The molecule has 0 spiro atoms. The van der Waals surface area contributed by atoms with Crippen LogP contribution in [0.3, 0.4) is 0 Å². The summed E-state index contributed by atoms with van der Waals surface area (Å²) < 4.78 is 1.77. The number of likely N-dealkylation sites (tertiary alicyclic amines) is 1. The van der Waals surface area contributed by atoms with Crippen LogP contribution in [0.5, 0.6) is 0 Å². The second kappa shape index (κ2) is 5.90.